The van der Waals surface area contributed by atoms with Gasteiger partial charge in [-0.1, -0.05) is 48.6 Å². The van der Waals surface area contributed by atoms with E-state index in [9.17, 15) is 0 Å². The number of hydrogen-bond donors (Lipinski definition) is 1. The first-order chi connectivity index (χ1) is 10.3. The topological polar surface area (TPSA) is 28.2 Å². The van der Waals surface area contributed by atoms with Gasteiger partial charge in [0.15, 0.2) is 5.13 Å². The summed E-state index contributed by atoms with van der Waals surface area (Å²) in [6, 6.07) is 11.3. The highest BCUT2D eigenvalue weighted by Gasteiger charge is 2.22. The largest absolute Gasteiger partial charge is 0.351 e. The smallest absolute Gasteiger partial charge is 0.185 e. The Kier molecular flexibility index (Phi) is 4.56. The number of nitrogens with one attached hydrogen (secondary N) is 1. The van der Waals surface area contributed by atoms with Gasteiger partial charge in [-0.05, 0) is 19.3 Å². The van der Waals surface area contributed by atoms with Gasteiger partial charge in [-0.2, -0.15) is 0 Å². The quantitative estimate of drug-likeness (QED) is 0.840. The van der Waals surface area contributed by atoms with E-state index in [-0.39, 0.29) is 0 Å². The van der Waals surface area contributed by atoms with E-state index in [2.05, 4.69) is 54.5 Å². The van der Waals surface area contributed by atoms with Gasteiger partial charge in [-0.3, -0.25) is 0 Å². The Balaban J connectivity index is 1.87. The van der Waals surface area contributed by atoms with Crippen molar-refractivity contribution in [3.63, 3.8) is 0 Å². The Morgan fingerprint density at radius 2 is 2.05 bits per heavy atom. The summed E-state index contributed by atoms with van der Waals surface area (Å²) in [6.07, 6.45) is 3.79. The van der Waals surface area contributed by atoms with Crippen LogP contribution in [0.25, 0.3) is 11.3 Å². The molecule has 112 valence electrons. The van der Waals surface area contributed by atoms with Crippen LogP contribution in [0.5, 0.6) is 0 Å². The zero-order chi connectivity index (χ0) is 14.7. The van der Waals surface area contributed by atoms with Crippen molar-refractivity contribution in [1.29, 1.82) is 0 Å². The molecule has 3 rings (SSSR count). The van der Waals surface area contributed by atoms with Gasteiger partial charge in [-0.15, -0.1) is 0 Å². The summed E-state index contributed by atoms with van der Waals surface area (Å²) in [5.74, 6) is 0. The van der Waals surface area contributed by atoms with Crippen LogP contribution in [-0.4, -0.2) is 24.6 Å². The SMILES string of the molecule is CCCN(C)c1nc(-c2ccccc2)c(CNC2CC2)s1. The second-order valence-electron chi connectivity index (χ2n) is 5.71. The van der Waals surface area contributed by atoms with E-state index in [1.54, 1.807) is 0 Å². The molecule has 1 fully saturated rings. The van der Waals surface area contributed by atoms with Gasteiger partial charge >= 0.3 is 0 Å². The average Bonchev–Trinajstić information content (AvgIpc) is 3.24. The second kappa shape index (κ2) is 6.58. The van der Waals surface area contributed by atoms with Crippen LogP contribution < -0.4 is 10.2 Å². The van der Waals surface area contributed by atoms with Gasteiger partial charge in [0.2, 0.25) is 0 Å². The molecule has 1 heterocycles. The minimum absolute atomic E-state index is 0.729. The Hall–Kier alpha value is -1.39. The standard InChI is InChI=1S/C17H23N3S/c1-3-11-20(2)17-19-16(13-7-5-4-6-8-13)15(21-17)12-18-14-9-10-14/h4-8,14,18H,3,9-12H2,1-2H3. The highest BCUT2D eigenvalue weighted by Crippen LogP contribution is 2.33. The molecule has 0 amide bonds. The first kappa shape index (κ1) is 14.5. The predicted molar refractivity (Wildman–Crippen MR) is 91.0 cm³/mol. The zero-order valence-electron chi connectivity index (χ0n) is 12.8. The lowest BCUT2D eigenvalue weighted by molar-refractivity contribution is 0.695. The van der Waals surface area contributed by atoms with Crippen molar-refractivity contribution < 1.29 is 0 Å². The molecule has 0 unspecified atom stereocenters. The van der Waals surface area contributed by atoms with E-state index in [0.29, 0.717) is 0 Å². The highest BCUT2D eigenvalue weighted by atomic mass is 32.1. The molecule has 1 N–H and O–H groups in total. The van der Waals surface area contributed by atoms with Crippen molar-refractivity contribution in [1.82, 2.24) is 10.3 Å². The van der Waals surface area contributed by atoms with Crippen LogP contribution in [0.1, 0.15) is 31.1 Å². The zero-order valence-corrected chi connectivity index (χ0v) is 13.6. The minimum Gasteiger partial charge on any atom is -0.351 e. The van der Waals surface area contributed by atoms with Crippen molar-refractivity contribution in [2.75, 3.05) is 18.5 Å². The van der Waals surface area contributed by atoms with Crippen LogP contribution in [0.4, 0.5) is 5.13 Å². The molecule has 0 bridgehead atoms. The summed E-state index contributed by atoms with van der Waals surface area (Å²) >= 11 is 1.82. The Labute approximate surface area is 131 Å². The van der Waals surface area contributed by atoms with E-state index in [0.717, 1.165) is 36.4 Å². The molecule has 1 aromatic heterocycles. The molecule has 0 saturated heterocycles. The fourth-order valence-electron chi connectivity index (χ4n) is 2.40. The Bertz CT molecular complexity index is 575. The van der Waals surface area contributed by atoms with Crippen molar-refractivity contribution in [2.24, 2.45) is 0 Å². The molecular weight excluding hydrogens is 278 g/mol. The second-order valence-corrected chi connectivity index (χ2v) is 6.77. The summed E-state index contributed by atoms with van der Waals surface area (Å²) in [5.41, 5.74) is 2.36. The molecule has 1 aliphatic rings. The van der Waals surface area contributed by atoms with Crippen LogP contribution in [0.2, 0.25) is 0 Å². The lowest BCUT2D eigenvalue weighted by Gasteiger charge is -2.13. The number of benzene rings is 1. The molecule has 4 heteroatoms. The highest BCUT2D eigenvalue weighted by molar-refractivity contribution is 7.16. The van der Waals surface area contributed by atoms with Crippen LogP contribution in [0.15, 0.2) is 30.3 Å². The molecule has 0 atom stereocenters. The van der Waals surface area contributed by atoms with Crippen LogP contribution >= 0.6 is 11.3 Å². The molecule has 0 aliphatic heterocycles. The van der Waals surface area contributed by atoms with E-state index in [4.69, 9.17) is 4.98 Å². The Morgan fingerprint density at radius 1 is 1.29 bits per heavy atom. The molecule has 2 aromatic rings. The monoisotopic (exact) mass is 301 g/mol. The van der Waals surface area contributed by atoms with Gasteiger partial charge in [-0.25, -0.2) is 4.98 Å². The maximum atomic E-state index is 4.90. The summed E-state index contributed by atoms with van der Waals surface area (Å²) < 4.78 is 0. The number of hydrogen-bond acceptors (Lipinski definition) is 4. The molecule has 1 aromatic carbocycles. The number of aromatic nitrogens is 1. The molecule has 1 saturated carbocycles. The third kappa shape index (κ3) is 3.63. The lowest BCUT2D eigenvalue weighted by atomic mass is 10.1. The van der Waals surface area contributed by atoms with E-state index >= 15 is 0 Å². The Morgan fingerprint density at radius 3 is 2.71 bits per heavy atom. The molecule has 0 spiro atoms. The fraction of sp³-hybridized carbons (Fsp3) is 0.471. The van der Waals surface area contributed by atoms with Gasteiger partial charge in [0.1, 0.15) is 0 Å². The van der Waals surface area contributed by atoms with Crippen LogP contribution in [0, 0.1) is 0 Å². The first-order valence-corrected chi connectivity index (χ1v) is 8.59. The van der Waals surface area contributed by atoms with E-state index in [1.165, 1.54) is 23.3 Å². The van der Waals surface area contributed by atoms with E-state index < -0.39 is 0 Å². The van der Waals surface area contributed by atoms with E-state index in [1.807, 2.05) is 11.3 Å². The number of rotatable bonds is 7. The number of thiazole rings is 1. The predicted octanol–water partition coefficient (Wildman–Crippen LogP) is 3.91. The van der Waals surface area contributed by atoms with Crippen LogP contribution in [-0.2, 0) is 6.54 Å². The summed E-state index contributed by atoms with van der Waals surface area (Å²) in [7, 11) is 2.13. The van der Waals surface area contributed by atoms with Crippen molar-refractivity contribution in [3.8, 4) is 11.3 Å². The molecule has 21 heavy (non-hydrogen) atoms. The molecule has 0 radical (unpaired) electrons. The summed E-state index contributed by atoms with van der Waals surface area (Å²) in [6.45, 7) is 4.20. The third-order valence-electron chi connectivity index (χ3n) is 3.75. The lowest BCUT2D eigenvalue weighted by Crippen LogP contribution is -2.17. The maximum Gasteiger partial charge on any atom is 0.185 e. The number of anilines is 1. The summed E-state index contributed by atoms with van der Waals surface area (Å²) in [4.78, 5) is 8.52. The minimum atomic E-state index is 0.729. The first-order valence-electron chi connectivity index (χ1n) is 7.77. The third-order valence-corrected chi connectivity index (χ3v) is 4.92. The summed E-state index contributed by atoms with van der Waals surface area (Å²) in [5, 5.41) is 4.75. The maximum absolute atomic E-state index is 4.90. The normalized spacial score (nSPS) is 14.4. The van der Waals surface area contributed by atoms with Gasteiger partial charge in [0.05, 0.1) is 5.69 Å². The van der Waals surface area contributed by atoms with Crippen molar-refractivity contribution in [2.45, 2.75) is 38.8 Å². The van der Waals surface area contributed by atoms with Gasteiger partial charge < -0.3 is 10.2 Å². The molecule has 1 aliphatic carbocycles. The molecule has 3 nitrogen and oxygen atoms in total. The van der Waals surface area contributed by atoms with Crippen molar-refractivity contribution in [3.05, 3.63) is 35.2 Å². The fourth-order valence-corrected chi connectivity index (χ4v) is 3.42. The van der Waals surface area contributed by atoms with Gasteiger partial charge in [0.25, 0.3) is 0 Å². The average molecular weight is 301 g/mol. The van der Waals surface area contributed by atoms with Crippen molar-refractivity contribution >= 4 is 16.5 Å². The van der Waals surface area contributed by atoms with Gasteiger partial charge in [0, 0.05) is 36.6 Å². The van der Waals surface area contributed by atoms with Crippen LogP contribution in [0.3, 0.4) is 0 Å². The molecular formula is C17H23N3S. The number of nitrogens with zero attached hydrogens (tertiary/aromatic N) is 2.